The molecule has 4 N–H and O–H groups in total. The van der Waals surface area contributed by atoms with Gasteiger partial charge in [-0.2, -0.15) is 18.2 Å². The number of nitrogens with zero attached hydrogens (tertiary/aromatic N) is 2. The van der Waals surface area contributed by atoms with Crippen molar-refractivity contribution >= 4 is 35.1 Å². The Labute approximate surface area is 133 Å². The summed E-state index contributed by atoms with van der Waals surface area (Å²) in [6, 6.07) is 4.50. The van der Waals surface area contributed by atoms with E-state index in [9.17, 15) is 18.0 Å². The Bertz CT molecular complexity index is 751. The van der Waals surface area contributed by atoms with E-state index in [2.05, 4.69) is 20.6 Å². The van der Waals surface area contributed by atoms with E-state index >= 15 is 0 Å². The van der Waals surface area contributed by atoms with Crippen molar-refractivity contribution in [1.82, 2.24) is 9.97 Å². The van der Waals surface area contributed by atoms with Gasteiger partial charge in [0.15, 0.2) is 5.69 Å². The topological polar surface area (TPSA) is 92.9 Å². The molecule has 0 aliphatic heterocycles. The zero-order valence-corrected chi connectivity index (χ0v) is 12.5. The van der Waals surface area contributed by atoms with Crippen molar-refractivity contribution in [2.24, 2.45) is 0 Å². The van der Waals surface area contributed by atoms with Crippen LogP contribution in [0.4, 0.5) is 35.4 Å². The van der Waals surface area contributed by atoms with Gasteiger partial charge in [-0.15, -0.1) is 0 Å². The first-order valence-electron chi connectivity index (χ1n) is 6.21. The van der Waals surface area contributed by atoms with Gasteiger partial charge in [0, 0.05) is 16.8 Å². The number of nitrogens with one attached hydrogen (secondary N) is 2. The highest BCUT2D eigenvalue weighted by molar-refractivity contribution is 6.31. The Morgan fingerprint density at radius 1 is 1.22 bits per heavy atom. The van der Waals surface area contributed by atoms with Crippen LogP contribution < -0.4 is 16.4 Å². The van der Waals surface area contributed by atoms with Crippen LogP contribution in [-0.4, -0.2) is 16.0 Å². The molecule has 0 fully saturated rings. The van der Waals surface area contributed by atoms with E-state index in [-0.39, 0.29) is 0 Å². The van der Waals surface area contributed by atoms with E-state index in [4.69, 9.17) is 17.3 Å². The summed E-state index contributed by atoms with van der Waals surface area (Å²) in [4.78, 5) is 18.5. The van der Waals surface area contributed by atoms with Gasteiger partial charge in [0.05, 0.1) is 0 Å². The first-order chi connectivity index (χ1) is 10.6. The van der Waals surface area contributed by atoms with Crippen LogP contribution in [0.15, 0.2) is 24.3 Å². The molecule has 0 aliphatic carbocycles. The van der Waals surface area contributed by atoms with E-state index in [1.807, 2.05) is 0 Å². The number of hydrogen-bond donors (Lipinski definition) is 3. The number of nitrogen functional groups attached to an aromatic ring is 1. The molecule has 0 spiro atoms. The molecule has 0 saturated carbocycles. The molecule has 0 radical (unpaired) electrons. The molecule has 0 unspecified atom stereocenters. The standard InChI is InChI=1S/C13H11ClF3N5O/c1-6-2-3-7(4-8(6)14)19-12(23)22-11-20-9(13(15,16)17)5-10(18)21-11/h2-5H,1H3,(H4,18,19,20,21,22,23). The third kappa shape index (κ3) is 4.46. The molecule has 2 aromatic rings. The molecule has 122 valence electrons. The average Bonchev–Trinajstić information content (AvgIpc) is 2.41. The van der Waals surface area contributed by atoms with Crippen LogP contribution in [0, 0.1) is 6.92 Å². The predicted molar refractivity (Wildman–Crippen MR) is 80.3 cm³/mol. The number of aryl methyl sites for hydroxylation is 1. The van der Waals surface area contributed by atoms with Crippen molar-refractivity contribution in [2.75, 3.05) is 16.4 Å². The highest BCUT2D eigenvalue weighted by Gasteiger charge is 2.33. The third-order valence-electron chi connectivity index (χ3n) is 2.69. The minimum atomic E-state index is -4.70. The minimum absolute atomic E-state index is 0.359. The molecular formula is C13H11ClF3N5O. The molecule has 2 rings (SSSR count). The Balaban J connectivity index is 2.14. The van der Waals surface area contributed by atoms with Gasteiger partial charge in [0.1, 0.15) is 5.82 Å². The lowest BCUT2D eigenvalue weighted by atomic mass is 10.2. The Kier molecular flexibility index (Phi) is 4.60. The lowest BCUT2D eigenvalue weighted by Gasteiger charge is -2.10. The van der Waals surface area contributed by atoms with Gasteiger partial charge in [-0.25, -0.2) is 9.78 Å². The number of rotatable bonds is 2. The molecule has 0 saturated heterocycles. The summed E-state index contributed by atoms with van der Waals surface area (Å²) >= 11 is 5.91. The number of hydrogen-bond acceptors (Lipinski definition) is 4. The molecule has 0 aliphatic rings. The molecule has 2 amide bonds. The number of nitrogens with two attached hydrogens (primary N) is 1. The first-order valence-corrected chi connectivity index (χ1v) is 6.59. The van der Waals surface area contributed by atoms with Crippen molar-refractivity contribution in [2.45, 2.75) is 13.1 Å². The van der Waals surface area contributed by atoms with Crippen LogP contribution in [0.25, 0.3) is 0 Å². The average molecular weight is 346 g/mol. The molecule has 6 nitrogen and oxygen atoms in total. The van der Waals surface area contributed by atoms with Crippen molar-refractivity contribution in [3.8, 4) is 0 Å². The van der Waals surface area contributed by atoms with Gasteiger partial charge in [-0.1, -0.05) is 17.7 Å². The van der Waals surface area contributed by atoms with Crippen LogP contribution in [0.2, 0.25) is 5.02 Å². The Morgan fingerprint density at radius 2 is 1.91 bits per heavy atom. The number of benzene rings is 1. The van der Waals surface area contributed by atoms with Gasteiger partial charge in [0.25, 0.3) is 0 Å². The Morgan fingerprint density at radius 3 is 2.52 bits per heavy atom. The second kappa shape index (κ2) is 6.29. The van der Waals surface area contributed by atoms with E-state index in [0.717, 1.165) is 5.56 Å². The molecular weight excluding hydrogens is 335 g/mol. The van der Waals surface area contributed by atoms with E-state index in [0.29, 0.717) is 16.8 Å². The number of anilines is 3. The fourth-order valence-electron chi connectivity index (χ4n) is 1.60. The van der Waals surface area contributed by atoms with Gasteiger partial charge >= 0.3 is 12.2 Å². The van der Waals surface area contributed by atoms with E-state index in [1.54, 1.807) is 19.1 Å². The number of aromatic nitrogens is 2. The van der Waals surface area contributed by atoms with Crippen LogP contribution in [-0.2, 0) is 6.18 Å². The number of halogens is 4. The number of carbonyl (C=O) groups excluding carboxylic acids is 1. The maximum Gasteiger partial charge on any atom is 0.433 e. The summed E-state index contributed by atoms with van der Waals surface area (Å²) in [6.07, 6.45) is -4.70. The van der Waals surface area contributed by atoms with Crippen molar-refractivity contribution in [1.29, 1.82) is 0 Å². The fraction of sp³-hybridized carbons (Fsp3) is 0.154. The molecule has 0 atom stereocenters. The monoisotopic (exact) mass is 345 g/mol. The SMILES string of the molecule is Cc1ccc(NC(=O)Nc2nc(N)cc(C(F)(F)F)n2)cc1Cl. The predicted octanol–water partition coefficient (Wildman–Crippen LogP) is 3.68. The zero-order valence-electron chi connectivity index (χ0n) is 11.7. The maximum absolute atomic E-state index is 12.6. The molecule has 1 aromatic heterocycles. The van der Waals surface area contributed by atoms with Crippen molar-refractivity contribution < 1.29 is 18.0 Å². The van der Waals surface area contributed by atoms with E-state index < -0.39 is 29.7 Å². The normalized spacial score (nSPS) is 11.2. The fourth-order valence-corrected chi connectivity index (χ4v) is 1.78. The summed E-state index contributed by atoms with van der Waals surface area (Å²) in [6.45, 7) is 1.78. The first kappa shape index (κ1) is 16.8. The highest BCUT2D eigenvalue weighted by atomic mass is 35.5. The number of carbonyl (C=O) groups is 1. The summed E-state index contributed by atoms with van der Waals surface area (Å²) in [5.41, 5.74) is 5.20. The maximum atomic E-state index is 12.6. The van der Waals surface area contributed by atoms with Crippen molar-refractivity contribution in [3.05, 3.63) is 40.5 Å². The molecule has 10 heteroatoms. The lowest BCUT2D eigenvalue weighted by molar-refractivity contribution is -0.141. The van der Waals surface area contributed by atoms with Crippen LogP contribution in [0.3, 0.4) is 0 Å². The van der Waals surface area contributed by atoms with Gasteiger partial charge in [-0.05, 0) is 24.6 Å². The van der Waals surface area contributed by atoms with Crippen LogP contribution in [0.5, 0.6) is 0 Å². The molecule has 0 bridgehead atoms. The second-order valence-corrected chi connectivity index (χ2v) is 4.95. The molecule has 1 heterocycles. The largest absolute Gasteiger partial charge is 0.433 e. The lowest BCUT2D eigenvalue weighted by Crippen LogP contribution is -2.22. The van der Waals surface area contributed by atoms with Crippen LogP contribution >= 0.6 is 11.6 Å². The minimum Gasteiger partial charge on any atom is -0.384 e. The van der Waals surface area contributed by atoms with Gasteiger partial charge < -0.3 is 11.1 Å². The molecule has 23 heavy (non-hydrogen) atoms. The summed E-state index contributed by atoms with van der Waals surface area (Å²) in [7, 11) is 0. The second-order valence-electron chi connectivity index (χ2n) is 4.54. The smallest absolute Gasteiger partial charge is 0.384 e. The van der Waals surface area contributed by atoms with E-state index in [1.165, 1.54) is 6.07 Å². The zero-order chi connectivity index (χ0) is 17.2. The third-order valence-corrected chi connectivity index (χ3v) is 3.10. The molecule has 1 aromatic carbocycles. The number of amides is 2. The highest BCUT2D eigenvalue weighted by Crippen LogP contribution is 2.29. The van der Waals surface area contributed by atoms with Gasteiger partial charge in [-0.3, -0.25) is 5.32 Å². The number of urea groups is 1. The Hall–Kier alpha value is -2.55. The van der Waals surface area contributed by atoms with Gasteiger partial charge in [0.2, 0.25) is 5.95 Å². The summed E-state index contributed by atoms with van der Waals surface area (Å²) in [5, 5.41) is 4.91. The summed E-state index contributed by atoms with van der Waals surface area (Å²) < 4.78 is 37.9. The quantitative estimate of drug-likeness (QED) is 0.774. The van der Waals surface area contributed by atoms with Crippen molar-refractivity contribution in [3.63, 3.8) is 0 Å². The summed E-state index contributed by atoms with van der Waals surface area (Å²) in [5.74, 6) is -0.978. The number of alkyl halides is 3. The van der Waals surface area contributed by atoms with Crippen LogP contribution in [0.1, 0.15) is 11.3 Å².